The Balaban J connectivity index is 2.38. The second kappa shape index (κ2) is 6.93. The second-order valence-corrected chi connectivity index (χ2v) is 3.65. The molecular weight excluding hydrogens is 256 g/mol. The minimum atomic E-state index is -1.24. The van der Waals surface area contributed by atoms with E-state index >= 15 is 0 Å². The van der Waals surface area contributed by atoms with Crippen LogP contribution in [0.15, 0.2) is 6.33 Å². The van der Waals surface area contributed by atoms with Crippen LogP contribution in [0.25, 0.3) is 0 Å². The summed E-state index contributed by atoms with van der Waals surface area (Å²) in [6, 6.07) is -1.87. The van der Waals surface area contributed by atoms with Gasteiger partial charge in [-0.05, 0) is 6.42 Å². The van der Waals surface area contributed by atoms with Gasteiger partial charge in [0.05, 0.1) is 6.54 Å². The molecule has 0 radical (unpaired) electrons. The summed E-state index contributed by atoms with van der Waals surface area (Å²) in [6.45, 7) is 0.0774. The molecule has 0 aliphatic heterocycles. The Morgan fingerprint density at radius 1 is 1.47 bits per heavy atom. The molecule has 3 amide bonds. The molecule has 0 aromatic carbocycles. The molecule has 0 unspecified atom stereocenters. The number of hydrogen-bond acceptors (Lipinski definition) is 5. The summed E-state index contributed by atoms with van der Waals surface area (Å²) in [4.78, 5) is 36.6. The van der Waals surface area contributed by atoms with Crippen molar-refractivity contribution in [3.05, 3.63) is 12.2 Å². The predicted octanol–water partition coefficient (Wildman–Crippen LogP) is -1.68. The first-order valence-electron chi connectivity index (χ1n) is 5.38. The smallest absolute Gasteiger partial charge is 0.326 e. The topological polar surface area (TPSA) is 163 Å². The highest BCUT2D eigenvalue weighted by molar-refractivity contribution is 5.83. The first-order chi connectivity index (χ1) is 8.99. The van der Waals surface area contributed by atoms with Crippen LogP contribution in [0.1, 0.15) is 18.7 Å². The van der Waals surface area contributed by atoms with Gasteiger partial charge in [-0.2, -0.15) is 5.10 Å². The van der Waals surface area contributed by atoms with Crippen molar-refractivity contribution in [2.24, 2.45) is 5.73 Å². The molecule has 1 aromatic rings. The summed E-state index contributed by atoms with van der Waals surface area (Å²) in [6.07, 6.45) is 1.08. The quantitative estimate of drug-likeness (QED) is 0.397. The van der Waals surface area contributed by atoms with Gasteiger partial charge in [0.1, 0.15) is 18.2 Å². The van der Waals surface area contributed by atoms with Crippen molar-refractivity contribution < 1.29 is 19.5 Å². The van der Waals surface area contributed by atoms with Crippen molar-refractivity contribution >= 4 is 17.9 Å². The standard InChI is InChI=1S/C9H14N6O4/c10-6(16)2-1-5(8(17)18)14-9(19)11-3-7-12-4-13-15-7/h4-5H,1-3H2,(H2,10,16)(H,17,18)(H2,11,14,19)(H,12,13,15)/t5-/m1/s1. The van der Waals surface area contributed by atoms with Crippen molar-refractivity contribution in [2.75, 3.05) is 0 Å². The molecule has 6 N–H and O–H groups in total. The molecular formula is C9H14N6O4. The van der Waals surface area contributed by atoms with Crippen LogP contribution in [0, 0.1) is 0 Å². The van der Waals surface area contributed by atoms with E-state index in [1.54, 1.807) is 0 Å². The SMILES string of the molecule is NC(=O)CC[C@@H](NC(=O)NCc1ncn[nH]1)C(=O)O. The number of H-pyrrole nitrogens is 1. The Morgan fingerprint density at radius 2 is 2.21 bits per heavy atom. The summed E-state index contributed by atoms with van der Waals surface area (Å²) >= 11 is 0. The van der Waals surface area contributed by atoms with E-state index < -0.39 is 23.9 Å². The number of carbonyl (C=O) groups is 3. The number of carboxylic acids is 1. The number of carbonyl (C=O) groups excluding carboxylic acids is 2. The number of urea groups is 1. The van der Waals surface area contributed by atoms with E-state index in [0.29, 0.717) is 5.82 Å². The number of aliphatic carboxylic acids is 1. The minimum Gasteiger partial charge on any atom is -0.480 e. The number of aromatic amines is 1. The molecule has 1 atom stereocenters. The van der Waals surface area contributed by atoms with E-state index in [9.17, 15) is 14.4 Å². The normalized spacial score (nSPS) is 11.6. The van der Waals surface area contributed by atoms with Gasteiger partial charge in [-0.15, -0.1) is 0 Å². The summed E-state index contributed by atoms with van der Waals surface area (Å²) in [5.74, 6) is -1.44. The molecule has 0 spiro atoms. The molecule has 0 aliphatic carbocycles. The van der Waals surface area contributed by atoms with Crippen LogP contribution in [-0.2, 0) is 16.1 Å². The lowest BCUT2D eigenvalue weighted by atomic mass is 10.1. The van der Waals surface area contributed by atoms with Gasteiger partial charge in [-0.3, -0.25) is 9.89 Å². The second-order valence-electron chi connectivity index (χ2n) is 3.65. The molecule has 1 heterocycles. The van der Waals surface area contributed by atoms with Crippen LogP contribution >= 0.6 is 0 Å². The van der Waals surface area contributed by atoms with E-state index in [0.717, 1.165) is 0 Å². The van der Waals surface area contributed by atoms with E-state index in [2.05, 4.69) is 25.8 Å². The van der Waals surface area contributed by atoms with Crippen LogP contribution in [0.4, 0.5) is 4.79 Å². The Kier molecular flexibility index (Phi) is 5.26. The number of nitrogens with one attached hydrogen (secondary N) is 3. The summed E-state index contributed by atoms with van der Waals surface area (Å²) < 4.78 is 0. The van der Waals surface area contributed by atoms with Crippen molar-refractivity contribution in [1.29, 1.82) is 0 Å². The molecule has 1 aromatic heterocycles. The number of carboxylic acid groups (broad SMARTS) is 1. The average molecular weight is 270 g/mol. The third-order valence-electron chi connectivity index (χ3n) is 2.16. The lowest BCUT2D eigenvalue weighted by Crippen LogP contribution is -2.46. The summed E-state index contributed by atoms with van der Waals surface area (Å²) in [5.41, 5.74) is 4.92. The number of nitrogens with zero attached hydrogens (tertiary/aromatic N) is 2. The van der Waals surface area contributed by atoms with Gasteiger partial charge in [0.2, 0.25) is 5.91 Å². The van der Waals surface area contributed by atoms with Gasteiger partial charge in [0.25, 0.3) is 0 Å². The van der Waals surface area contributed by atoms with Gasteiger partial charge in [0, 0.05) is 6.42 Å². The fourth-order valence-electron chi connectivity index (χ4n) is 1.23. The molecule has 0 saturated carbocycles. The highest BCUT2D eigenvalue weighted by atomic mass is 16.4. The van der Waals surface area contributed by atoms with Crippen molar-refractivity contribution in [2.45, 2.75) is 25.4 Å². The lowest BCUT2D eigenvalue weighted by molar-refractivity contribution is -0.139. The van der Waals surface area contributed by atoms with Crippen molar-refractivity contribution in [1.82, 2.24) is 25.8 Å². The van der Waals surface area contributed by atoms with Gasteiger partial charge in [-0.25, -0.2) is 14.6 Å². The average Bonchev–Trinajstić information content (AvgIpc) is 2.84. The molecule has 0 bridgehead atoms. The number of primary amides is 1. The molecule has 1 rings (SSSR count). The molecule has 0 fully saturated rings. The van der Waals surface area contributed by atoms with Crippen LogP contribution in [0.3, 0.4) is 0 Å². The fraction of sp³-hybridized carbons (Fsp3) is 0.444. The number of nitrogens with two attached hydrogens (primary N) is 1. The first kappa shape index (κ1) is 14.4. The Morgan fingerprint density at radius 3 is 2.74 bits per heavy atom. The zero-order chi connectivity index (χ0) is 14.3. The number of aromatic nitrogens is 3. The molecule has 10 heteroatoms. The zero-order valence-electron chi connectivity index (χ0n) is 9.92. The van der Waals surface area contributed by atoms with Gasteiger partial charge in [0.15, 0.2) is 0 Å². The third kappa shape index (κ3) is 5.48. The van der Waals surface area contributed by atoms with Crippen LogP contribution in [0.2, 0.25) is 0 Å². The fourth-order valence-corrected chi connectivity index (χ4v) is 1.23. The van der Waals surface area contributed by atoms with Crippen molar-refractivity contribution in [3.63, 3.8) is 0 Å². The highest BCUT2D eigenvalue weighted by Gasteiger charge is 2.20. The highest BCUT2D eigenvalue weighted by Crippen LogP contribution is 1.97. The first-order valence-corrected chi connectivity index (χ1v) is 5.38. The van der Waals surface area contributed by atoms with Crippen LogP contribution in [-0.4, -0.2) is 44.2 Å². The van der Waals surface area contributed by atoms with Gasteiger partial charge in [-0.1, -0.05) is 0 Å². The van der Waals surface area contributed by atoms with E-state index in [-0.39, 0.29) is 19.4 Å². The summed E-state index contributed by atoms with van der Waals surface area (Å²) in [7, 11) is 0. The molecule has 0 aliphatic rings. The van der Waals surface area contributed by atoms with Crippen LogP contribution in [0.5, 0.6) is 0 Å². The summed E-state index contributed by atoms with van der Waals surface area (Å²) in [5, 5.41) is 19.6. The number of rotatable bonds is 7. The van der Waals surface area contributed by atoms with E-state index in [1.165, 1.54) is 6.33 Å². The third-order valence-corrected chi connectivity index (χ3v) is 2.16. The maximum Gasteiger partial charge on any atom is 0.326 e. The monoisotopic (exact) mass is 270 g/mol. The molecule has 19 heavy (non-hydrogen) atoms. The molecule has 0 saturated heterocycles. The maximum atomic E-state index is 11.4. The Hall–Kier alpha value is -2.65. The maximum absolute atomic E-state index is 11.4. The number of amides is 3. The zero-order valence-corrected chi connectivity index (χ0v) is 9.92. The minimum absolute atomic E-state index is 0.0691. The Labute approximate surface area is 107 Å². The lowest BCUT2D eigenvalue weighted by Gasteiger charge is -2.13. The largest absolute Gasteiger partial charge is 0.480 e. The predicted molar refractivity (Wildman–Crippen MR) is 61.6 cm³/mol. The Bertz CT molecular complexity index is 446. The van der Waals surface area contributed by atoms with E-state index in [1.807, 2.05) is 0 Å². The van der Waals surface area contributed by atoms with Gasteiger partial charge < -0.3 is 21.5 Å². The molecule has 104 valence electrons. The number of hydrogen-bond donors (Lipinski definition) is 5. The van der Waals surface area contributed by atoms with E-state index in [4.69, 9.17) is 10.8 Å². The van der Waals surface area contributed by atoms with Crippen molar-refractivity contribution in [3.8, 4) is 0 Å². The van der Waals surface area contributed by atoms with Gasteiger partial charge >= 0.3 is 12.0 Å². The molecule has 10 nitrogen and oxygen atoms in total. The van der Waals surface area contributed by atoms with Crippen LogP contribution < -0.4 is 16.4 Å².